The van der Waals surface area contributed by atoms with Gasteiger partial charge in [0.05, 0.1) is 0 Å². The molecule has 0 unspecified atom stereocenters. The fraction of sp³-hybridized carbons (Fsp3) is 0.417. The van der Waals surface area contributed by atoms with Crippen LogP contribution in [-0.2, 0) is 0 Å². The van der Waals surface area contributed by atoms with Crippen LogP contribution in [0.2, 0.25) is 0 Å². The maximum atomic E-state index is 12.5. The van der Waals surface area contributed by atoms with Gasteiger partial charge in [0.15, 0.2) is 0 Å². The molecule has 3 rings (SSSR count). The van der Waals surface area contributed by atoms with Gasteiger partial charge >= 0.3 is 0 Å². The molecule has 1 heterocycles. The Kier molecular flexibility index (Phi) is 7.28. The van der Waals surface area contributed by atoms with Crippen LogP contribution in [0.1, 0.15) is 59.7 Å². The smallest absolute Gasteiger partial charge is 0.255 e. The largest absolute Gasteiger partial charge is 0.372 e. The molecule has 0 aromatic heterocycles. The van der Waals surface area contributed by atoms with E-state index in [0.717, 1.165) is 38.2 Å². The van der Waals surface area contributed by atoms with Crippen molar-refractivity contribution in [1.29, 1.82) is 0 Å². The van der Waals surface area contributed by atoms with Crippen LogP contribution in [0.5, 0.6) is 0 Å². The van der Waals surface area contributed by atoms with Crippen LogP contribution < -0.4 is 10.2 Å². The third kappa shape index (κ3) is 5.59. The minimum atomic E-state index is -0.172. The Balaban J connectivity index is 1.58. The Bertz CT molecular complexity index is 809. The van der Waals surface area contributed by atoms with Crippen LogP contribution in [0, 0.1) is 0 Å². The van der Waals surface area contributed by atoms with Crippen LogP contribution in [-0.4, -0.2) is 43.4 Å². The third-order valence-electron chi connectivity index (χ3n) is 5.43. The van der Waals surface area contributed by atoms with E-state index in [2.05, 4.69) is 29.3 Å². The summed E-state index contributed by atoms with van der Waals surface area (Å²) in [5.41, 5.74) is 3.12. The summed E-state index contributed by atoms with van der Waals surface area (Å²) in [4.78, 5) is 29.1. The van der Waals surface area contributed by atoms with Crippen molar-refractivity contribution in [3.8, 4) is 0 Å². The van der Waals surface area contributed by atoms with E-state index in [4.69, 9.17) is 0 Å². The van der Waals surface area contributed by atoms with Gasteiger partial charge in [0.2, 0.25) is 0 Å². The van der Waals surface area contributed by atoms with Gasteiger partial charge in [-0.05, 0) is 74.2 Å². The fourth-order valence-corrected chi connectivity index (χ4v) is 3.59. The molecular weight excluding hydrogens is 362 g/mol. The number of hydrogen-bond donors (Lipinski definition) is 1. The van der Waals surface area contributed by atoms with E-state index >= 15 is 0 Å². The molecule has 0 radical (unpaired) electrons. The van der Waals surface area contributed by atoms with Gasteiger partial charge in [-0.1, -0.05) is 13.3 Å². The van der Waals surface area contributed by atoms with Crippen LogP contribution in [0.3, 0.4) is 0 Å². The number of unbranched alkanes of at least 4 members (excludes halogenated alkanes) is 1. The molecule has 1 aliphatic heterocycles. The first-order valence-corrected chi connectivity index (χ1v) is 10.6. The maximum Gasteiger partial charge on any atom is 0.255 e. The standard InChI is InChI=1S/C24H31N3O2/c1-3-4-16-26(2)24(29)20-10-8-19(9-11-20)23(28)25-21-12-14-22(15-13-21)27-17-6-5-7-18-27/h8-15H,3-7,16-18H2,1-2H3,(H,25,28). The van der Waals surface area contributed by atoms with E-state index in [0.29, 0.717) is 11.1 Å². The Morgan fingerprint density at radius 2 is 1.55 bits per heavy atom. The van der Waals surface area contributed by atoms with Crippen molar-refractivity contribution in [2.24, 2.45) is 0 Å². The first-order valence-electron chi connectivity index (χ1n) is 10.6. The minimum Gasteiger partial charge on any atom is -0.372 e. The molecule has 0 aliphatic carbocycles. The second kappa shape index (κ2) is 10.1. The molecule has 29 heavy (non-hydrogen) atoms. The van der Waals surface area contributed by atoms with Crippen molar-refractivity contribution < 1.29 is 9.59 Å². The van der Waals surface area contributed by atoms with Crippen LogP contribution >= 0.6 is 0 Å². The van der Waals surface area contributed by atoms with Gasteiger partial charge in [-0.25, -0.2) is 0 Å². The molecule has 1 saturated heterocycles. The number of rotatable bonds is 7. The van der Waals surface area contributed by atoms with Gasteiger partial charge in [-0.2, -0.15) is 0 Å². The highest BCUT2D eigenvalue weighted by molar-refractivity contribution is 6.05. The number of nitrogens with one attached hydrogen (secondary N) is 1. The lowest BCUT2D eigenvalue weighted by atomic mass is 10.1. The summed E-state index contributed by atoms with van der Waals surface area (Å²) in [6.07, 6.45) is 5.83. The number of carbonyl (C=O) groups is 2. The van der Waals surface area contributed by atoms with Crippen LogP contribution in [0.25, 0.3) is 0 Å². The van der Waals surface area contributed by atoms with E-state index < -0.39 is 0 Å². The predicted octanol–water partition coefficient (Wildman–Crippen LogP) is 4.80. The second-order valence-electron chi connectivity index (χ2n) is 7.71. The van der Waals surface area contributed by atoms with E-state index in [1.54, 1.807) is 29.2 Å². The van der Waals surface area contributed by atoms with E-state index in [-0.39, 0.29) is 11.8 Å². The Morgan fingerprint density at radius 1 is 0.931 bits per heavy atom. The van der Waals surface area contributed by atoms with E-state index in [9.17, 15) is 9.59 Å². The molecule has 5 heteroatoms. The summed E-state index contributed by atoms with van der Waals surface area (Å²) in [7, 11) is 1.81. The van der Waals surface area contributed by atoms with Crippen molar-refractivity contribution in [2.75, 3.05) is 36.9 Å². The average molecular weight is 394 g/mol. The topological polar surface area (TPSA) is 52.7 Å². The lowest BCUT2D eigenvalue weighted by Crippen LogP contribution is -2.29. The van der Waals surface area contributed by atoms with Gasteiger partial charge in [0.1, 0.15) is 0 Å². The molecule has 1 fully saturated rings. The number of anilines is 2. The maximum absolute atomic E-state index is 12.5. The third-order valence-corrected chi connectivity index (χ3v) is 5.43. The highest BCUT2D eigenvalue weighted by atomic mass is 16.2. The lowest BCUT2D eigenvalue weighted by molar-refractivity contribution is 0.0792. The van der Waals surface area contributed by atoms with Gasteiger partial charge in [0.25, 0.3) is 11.8 Å². The number of benzene rings is 2. The summed E-state index contributed by atoms with van der Waals surface area (Å²) >= 11 is 0. The monoisotopic (exact) mass is 393 g/mol. The highest BCUT2D eigenvalue weighted by Crippen LogP contribution is 2.22. The summed E-state index contributed by atoms with van der Waals surface area (Å²) in [6.45, 7) is 5.05. The summed E-state index contributed by atoms with van der Waals surface area (Å²) in [5, 5.41) is 2.93. The molecule has 1 N–H and O–H groups in total. The lowest BCUT2D eigenvalue weighted by Gasteiger charge is -2.28. The Hall–Kier alpha value is -2.82. The average Bonchev–Trinajstić information content (AvgIpc) is 2.78. The molecule has 2 amide bonds. The quantitative estimate of drug-likeness (QED) is 0.735. The van der Waals surface area contributed by atoms with Crippen LogP contribution in [0.15, 0.2) is 48.5 Å². The predicted molar refractivity (Wildman–Crippen MR) is 119 cm³/mol. The van der Waals surface area contributed by atoms with Crippen molar-refractivity contribution in [2.45, 2.75) is 39.0 Å². The number of amides is 2. The molecule has 0 spiro atoms. The van der Waals surface area contributed by atoms with Gasteiger partial charge < -0.3 is 15.1 Å². The molecule has 2 aromatic rings. The molecule has 1 aliphatic rings. The van der Waals surface area contributed by atoms with Gasteiger partial charge in [-0.3, -0.25) is 9.59 Å². The molecule has 154 valence electrons. The number of piperidine rings is 1. The Morgan fingerprint density at radius 3 is 2.17 bits per heavy atom. The SMILES string of the molecule is CCCCN(C)C(=O)c1ccc(C(=O)Nc2ccc(N3CCCCC3)cc2)cc1. The zero-order valence-corrected chi connectivity index (χ0v) is 17.5. The molecule has 5 nitrogen and oxygen atoms in total. The Labute approximate surface area is 173 Å². The van der Waals surface area contributed by atoms with Crippen molar-refractivity contribution in [3.63, 3.8) is 0 Å². The molecule has 0 bridgehead atoms. The molecule has 0 saturated carbocycles. The zero-order valence-electron chi connectivity index (χ0n) is 17.5. The van der Waals surface area contributed by atoms with Crippen molar-refractivity contribution in [3.05, 3.63) is 59.7 Å². The molecule has 2 aromatic carbocycles. The van der Waals surface area contributed by atoms with Crippen LogP contribution in [0.4, 0.5) is 11.4 Å². The normalized spacial score (nSPS) is 13.8. The summed E-state index contributed by atoms with van der Waals surface area (Å²) in [6, 6.07) is 14.9. The number of carbonyl (C=O) groups excluding carboxylic acids is 2. The van der Waals surface area contributed by atoms with E-state index in [1.807, 2.05) is 19.2 Å². The highest BCUT2D eigenvalue weighted by Gasteiger charge is 2.14. The number of hydrogen-bond acceptors (Lipinski definition) is 3. The van der Waals surface area contributed by atoms with E-state index in [1.165, 1.54) is 24.9 Å². The molecule has 0 atom stereocenters. The summed E-state index contributed by atoms with van der Waals surface area (Å²) < 4.78 is 0. The van der Waals surface area contributed by atoms with Gasteiger partial charge in [-0.15, -0.1) is 0 Å². The second-order valence-corrected chi connectivity index (χ2v) is 7.71. The van der Waals surface area contributed by atoms with Gasteiger partial charge in [0, 0.05) is 49.2 Å². The first-order chi connectivity index (χ1) is 14.1. The minimum absolute atomic E-state index is 0.0151. The summed E-state index contributed by atoms with van der Waals surface area (Å²) in [5.74, 6) is -0.187. The molecular formula is C24H31N3O2. The number of nitrogens with zero attached hydrogens (tertiary/aromatic N) is 2. The van der Waals surface area contributed by atoms with Crippen molar-refractivity contribution in [1.82, 2.24) is 4.90 Å². The first kappa shape index (κ1) is 20.9. The fourth-order valence-electron chi connectivity index (χ4n) is 3.59. The van der Waals surface area contributed by atoms with Crippen molar-refractivity contribution >= 4 is 23.2 Å². The zero-order chi connectivity index (χ0) is 20.6.